The van der Waals surface area contributed by atoms with Crippen LogP contribution < -0.4 is 5.32 Å². The number of halogens is 1. The van der Waals surface area contributed by atoms with E-state index in [1.807, 2.05) is 0 Å². The van der Waals surface area contributed by atoms with Crippen LogP contribution in [0.2, 0.25) is 5.02 Å². The normalized spacial score (nSPS) is 15.1. The second kappa shape index (κ2) is 3.66. The lowest BCUT2D eigenvalue weighted by atomic mass is 10.3. The van der Waals surface area contributed by atoms with E-state index >= 15 is 0 Å². The molecule has 1 aromatic rings. The Morgan fingerprint density at radius 2 is 2.20 bits per heavy atom. The monoisotopic (exact) mass is 227 g/mol. The smallest absolute Gasteiger partial charge is 0.356 e. The van der Waals surface area contributed by atoms with Crippen molar-refractivity contribution < 1.29 is 9.90 Å². The lowest BCUT2D eigenvalue weighted by molar-refractivity contribution is 0.0690. The Kier molecular flexibility index (Phi) is 2.48. The Morgan fingerprint density at radius 1 is 1.53 bits per heavy atom. The summed E-state index contributed by atoms with van der Waals surface area (Å²) in [5, 5.41) is 11.7. The van der Waals surface area contributed by atoms with Gasteiger partial charge in [-0.25, -0.2) is 14.8 Å². The van der Waals surface area contributed by atoms with Crippen LogP contribution in [0, 0.1) is 0 Å². The maximum absolute atomic E-state index is 10.9. The minimum atomic E-state index is -1.12. The largest absolute Gasteiger partial charge is 0.476 e. The molecule has 80 valence electrons. The molecule has 1 fully saturated rings. The number of rotatable bonds is 3. The Morgan fingerprint density at radius 3 is 2.67 bits per heavy atom. The van der Waals surface area contributed by atoms with E-state index in [0.717, 1.165) is 12.8 Å². The van der Waals surface area contributed by atoms with Crippen LogP contribution in [0.3, 0.4) is 0 Å². The van der Waals surface area contributed by atoms with Crippen molar-refractivity contribution in [3.8, 4) is 0 Å². The quantitative estimate of drug-likeness (QED) is 0.823. The van der Waals surface area contributed by atoms with E-state index < -0.39 is 5.97 Å². The summed E-state index contributed by atoms with van der Waals surface area (Å²) >= 11 is 5.83. The maximum atomic E-state index is 10.9. The van der Waals surface area contributed by atoms with Crippen LogP contribution in [-0.4, -0.2) is 28.1 Å². The first-order chi connectivity index (χ1) is 7.13. The van der Waals surface area contributed by atoms with Crippen molar-refractivity contribution in [1.29, 1.82) is 0 Å². The predicted molar refractivity (Wildman–Crippen MR) is 55.5 cm³/mol. The number of carboxylic acid groups (broad SMARTS) is 1. The Hall–Kier alpha value is -1.36. The number of carboxylic acids is 1. The zero-order chi connectivity index (χ0) is 11.0. The number of hydrogen-bond acceptors (Lipinski definition) is 4. The summed E-state index contributed by atoms with van der Waals surface area (Å²) in [6.07, 6.45) is 2.04. The van der Waals surface area contributed by atoms with Gasteiger partial charge in [0.1, 0.15) is 16.7 Å². The summed E-state index contributed by atoms with van der Waals surface area (Å²) in [5.41, 5.74) is -0.127. The predicted octanol–water partition coefficient (Wildman–Crippen LogP) is 1.75. The van der Waals surface area contributed by atoms with E-state index in [4.69, 9.17) is 16.7 Å². The molecule has 1 aliphatic rings. The molecule has 0 spiro atoms. The molecule has 5 nitrogen and oxygen atoms in total. The highest BCUT2D eigenvalue weighted by molar-refractivity contribution is 6.35. The number of anilines is 1. The van der Waals surface area contributed by atoms with Gasteiger partial charge in [0.15, 0.2) is 5.69 Å². The molecule has 0 saturated heterocycles. The molecule has 0 bridgehead atoms. The van der Waals surface area contributed by atoms with Crippen LogP contribution in [0.4, 0.5) is 5.82 Å². The lowest BCUT2D eigenvalue weighted by Crippen LogP contribution is -2.09. The van der Waals surface area contributed by atoms with Gasteiger partial charge < -0.3 is 10.4 Å². The van der Waals surface area contributed by atoms with Gasteiger partial charge in [-0.3, -0.25) is 0 Å². The Bertz CT molecular complexity index is 418. The summed E-state index contributed by atoms with van der Waals surface area (Å²) in [5.74, 6) is 0.125. The molecule has 1 heterocycles. The zero-order valence-corrected chi connectivity index (χ0v) is 8.88. The van der Waals surface area contributed by atoms with E-state index in [9.17, 15) is 4.79 Å². The molecule has 0 aliphatic heterocycles. The van der Waals surface area contributed by atoms with Gasteiger partial charge in [0.25, 0.3) is 0 Å². The molecule has 15 heavy (non-hydrogen) atoms. The third kappa shape index (κ3) is 1.87. The average molecular weight is 228 g/mol. The van der Waals surface area contributed by atoms with E-state index in [1.54, 1.807) is 7.05 Å². The maximum Gasteiger partial charge on any atom is 0.356 e. The van der Waals surface area contributed by atoms with Gasteiger partial charge in [-0.15, -0.1) is 0 Å². The molecule has 0 unspecified atom stereocenters. The highest BCUT2D eigenvalue weighted by Crippen LogP contribution is 2.39. The van der Waals surface area contributed by atoms with Gasteiger partial charge in [-0.05, 0) is 12.8 Å². The highest BCUT2D eigenvalue weighted by Gasteiger charge is 2.29. The van der Waals surface area contributed by atoms with Crippen LogP contribution in [0.25, 0.3) is 0 Å². The zero-order valence-electron chi connectivity index (χ0n) is 8.12. The van der Waals surface area contributed by atoms with Crippen LogP contribution in [-0.2, 0) is 0 Å². The van der Waals surface area contributed by atoms with E-state index in [1.165, 1.54) is 0 Å². The number of aromatic carboxylic acids is 1. The van der Waals surface area contributed by atoms with Crippen molar-refractivity contribution >= 4 is 23.4 Å². The van der Waals surface area contributed by atoms with E-state index in [0.29, 0.717) is 17.6 Å². The van der Waals surface area contributed by atoms with Gasteiger partial charge in [0.05, 0.1) is 0 Å². The van der Waals surface area contributed by atoms with Crippen molar-refractivity contribution in [1.82, 2.24) is 9.97 Å². The molecule has 0 atom stereocenters. The molecule has 1 aromatic heterocycles. The molecule has 0 amide bonds. The topological polar surface area (TPSA) is 75.1 Å². The van der Waals surface area contributed by atoms with Gasteiger partial charge in [0.2, 0.25) is 0 Å². The van der Waals surface area contributed by atoms with Crippen LogP contribution >= 0.6 is 11.6 Å². The molecule has 6 heteroatoms. The number of nitrogens with one attached hydrogen (secondary N) is 1. The Balaban J connectivity index is 2.52. The summed E-state index contributed by atoms with van der Waals surface area (Å²) in [6, 6.07) is 0. The molecule has 0 radical (unpaired) electrons. The second-order valence-corrected chi connectivity index (χ2v) is 3.80. The van der Waals surface area contributed by atoms with Gasteiger partial charge in [-0.2, -0.15) is 0 Å². The number of hydrogen-bond donors (Lipinski definition) is 2. The second-order valence-electron chi connectivity index (χ2n) is 3.42. The molecule has 2 N–H and O–H groups in total. The van der Waals surface area contributed by atoms with E-state index in [2.05, 4.69) is 15.3 Å². The first-order valence-corrected chi connectivity index (χ1v) is 4.99. The van der Waals surface area contributed by atoms with Crippen LogP contribution in [0.5, 0.6) is 0 Å². The molecule has 2 rings (SSSR count). The van der Waals surface area contributed by atoms with Crippen molar-refractivity contribution in [3.63, 3.8) is 0 Å². The number of carbonyl (C=O) groups is 1. The van der Waals surface area contributed by atoms with Gasteiger partial charge in [0, 0.05) is 13.0 Å². The lowest BCUT2D eigenvalue weighted by Gasteiger charge is -2.07. The number of nitrogens with zero attached hydrogens (tertiary/aromatic N) is 2. The number of aromatic nitrogens is 2. The summed E-state index contributed by atoms with van der Waals surface area (Å²) in [6.45, 7) is 0. The summed E-state index contributed by atoms with van der Waals surface area (Å²) < 4.78 is 0. The third-order valence-corrected chi connectivity index (χ3v) is 2.61. The summed E-state index contributed by atoms with van der Waals surface area (Å²) in [4.78, 5) is 19.0. The molecule has 1 saturated carbocycles. The fraction of sp³-hybridized carbons (Fsp3) is 0.444. The molecule has 0 aromatic carbocycles. The van der Waals surface area contributed by atoms with Crippen LogP contribution in [0.15, 0.2) is 0 Å². The average Bonchev–Trinajstić information content (AvgIpc) is 3.01. The first-order valence-electron chi connectivity index (χ1n) is 4.62. The van der Waals surface area contributed by atoms with Crippen molar-refractivity contribution in [2.45, 2.75) is 18.8 Å². The van der Waals surface area contributed by atoms with E-state index in [-0.39, 0.29) is 10.7 Å². The molecule has 1 aliphatic carbocycles. The molecular weight excluding hydrogens is 218 g/mol. The molecular formula is C9H10ClN3O2. The fourth-order valence-electron chi connectivity index (χ4n) is 1.30. The van der Waals surface area contributed by atoms with Gasteiger partial charge in [-0.1, -0.05) is 11.6 Å². The van der Waals surface area contributed by atoms with Crippen molar-refractivity contribution in [2.24, 2.45) is 0 Å². The third-order valence-electron chi connectivity index (χ3n) is 2.25. The van der Waals surface area contributed by atoms with Crippen LogP contribution in [0.1, 0.15) is 35.1 Å². The minimum absolute atomic E-state index is 0.0643. The van der Waals surface area contributed by atoms with Gasteiger partial charge >= 0.3 is 5.97 Å². The van der Waals surface area contributed by atoms with Crippen molar-refractivity contribution in [2.75, 3.05) is 12.4 Å². The summed E-state index contributed by atoms with van der Waals surface area (Å²) in [7, 11) is 1.65. The minimum Gasteiger partial charge on any atom is -0.476 e. The highest BCUT2D eigenvalue weighted by atomic mass is 35.5. The Labute approximate surface area is 91.5 Å². The fourth-order valence-corrected chi connectivity index (χ4v) is 1.56. The van der Waals surface area contributed by atoms with Crippen molar-refractivity contribution in [3.05, 3.63) is 16.5 Å². The first kappa shape index (κ1) is 10.2. The SMILES string of the molecule is CNc1nc(C2CC2)nc(C(=O)O)c1Cl. The standard InChI is InChI=1S/C9H10ClN3O2/c1-11-8-5(10)6(9(14)15)12-7(13-8)4-2-3-4/h4H,2-3H2,1H3,(H,14,15)(H,11,12,13).